The number of hydrogen-bond donors (Lipinski definition) is 1. The molecule has 0 spiro atoms. The van der Waals surface area contributed by atoms with Crippen molar-refractivity contribution < 1.29 is 27.4 Å². The monoisotopic (exact) mass is 450 g/mol. The average molecular weight is 451 g/mol. The third-order valence-corrected chi connectivity index (χ3v) is 6.01. The van der Waals surface area contributed by atoms with E-state index in [1.54, 1.807) is 38.5 Å². The van der Waals surface area contributed by atoms with Crippen LogP contribution in [0.1, 0.15) is 18.9 Å². The summed E-state index contributed by atoms with van der Waals surface area (Å²) in [6.07, 6.45) is 1.61. The number of methoxy groups -OCH3 is 2. The van der Waals surface area contributed by atoms with Crippen LogP contribution < -0.4 is 23.8 Å². The molecule has 0 aromatic heterocycles. The van der Waals surface area contributed by atoms with Crippen molar-refractivity contribution in [3.05, 3.63) is 48.0 Å². The van der Waals surface area contributed by atoms with E-state index in [0.29, 0.717) is 42.3 Å². The number of rotatable bonds is 11. The smallest absolute Gasteiger partial charge is 0.261 e. The Kier molecular flexibility index (Phi) is 8.56. The number of hydrogen-bond acceptors (Lipinski definition) is 6. The second-order valence-corrected chi connectivity index (χ2v) is 8.98. The first-order chi connectivity index (χ1) is 14.7. The maximum Gasteiger partial charge on any atom is 0.261 e. The first-order valence-electron chi connectivity index (χ1n) is 9.88. The van der Waals surface area contributed by atoms with Gasteiger partial charge in [-0.05, 0) is 54.8 Å². The van der Waals surface area contributed by atoms with Gasteiger partial charge in [0.2, 0.25) is 10.0 Å². The molecular weight excluding hydrogens is 420 g/mol. The van der Waals surface area contributed by atoms with E-state index in [4.69, 9.17) is 14.2 Å². The predicted molar refractivity (Wildman–Crippen MR) is 121 cm³/mol. The minimum absolute atomic E-state index is 0.208. The van der Waals surface area contributed by atoms with Gasteiger partial charge in [-0.25, -0.2) is 8.42 Å². The van der Waals surface area contributed by atoms with Crippen molar-refractivity contribution in [3.8, 4) is 17.2 Å². The van der Waals surface area contributed by atoms with Crippen LogP contribution in [0.3, 0.4) is 0 Å². The van der Waals surface area contributed by atoms with Crippen LogP contribution in [-0.4, -0.2) is 54.5 Å². The zero-order valence-corrected chi connectivity index (χ0v) is 19.4. The molecule has 2 rings (SSSR count). The van der Waals surface area contributed by atoms with E-state index in [1.165, 1.54) is 11.4 Å². The van der Waals surface area contributed by atoms with E-state index in [9.17, 15) is 13.2 Å². The fourth-order valence-electron chi connectivity index (χ4n) is 2.89. The zero-order chi connectivity index (χ0) is 23.0. The summed E-state index contributed by atoms with van der Waals surface area (Å²) in [4.78, 5) is 12.5. The largest absolute Gasteiger partial charge is 0.493 e. The molecule has 9 heteroatoms. The summed E-state index contributed by atoms with van der Waals surface area (Å²) in [6, 6.07) is 12.2. The molecular formula is C22H30N2O6S. The van der Waals surface area contributed by atoms with Crippen LogP contribution in [0.2, 0.25) is 0 Å². The Morgan fingerprint density at radius 2 is 1.71 bits per heavy atom. The minimum atomic E-state index is -3.34. The molecule has 2 aromatic rings. The van der Waals surface area contributed by atoms with Gasteiger partial charge in [-0.3, -0.25) is 9.10 Å². The van der Waals surface area contributed by atoms with Crippen molar-refractivity contribution in [1.29, 1.82) is 0 Å². The van der Waals surface area contributed by atoms with E-state index in [0.717, 1.165) is 11.8 Å². The Labute approximate surface area is 184 Å². The van der Waals surface area contributed by atoms with E-state index in [-0.39, 0.29) is 5.91 Å². The van der Waals surface area contributed by atoms with Gasteiger partial charge in [0.1, 0.15) is 5.75 Å². The van der Waals surface area contributed by atoms with Gasteiger partial charge in [-0.1, -0.05) is 13.0 Å². The third kappa shape index (κ3) is 6.78. The number of carbonyl (C=O) groups excluding carboxylic acids is 1. The maximum atomic E-state index is 12.5. The molecule has 2 aromatic carbocycles. The molecule has 0 radical (unpaired) electrons. The summed E-state index contributed by atoms with van der Waals surface area (Å²) in [6.45, 7) is 2.32. The summed E-state index contributed by atoms with van der Waals surface area (Å²) >= 11 is 0. The Balaban J connectivity index is 1.92. The highest BCUT2D eigenvalue weighted by Gasteiger charge is 2.18. The van der Waals surface area contributed by atoms with Crippen LogP contribution in [-0.2, 0) is 21.2 Å². The van der Waals surface area contributed by atoms with Crippen molar-refractivity contribution in [1.82, 2.24) is 5.32 Å². The van der Waals surface area contributed by atoms with Gasteiger partial charge in [0.05, 0.1) is 26.2 Å². The number of benzene rings is 2. The van der Waals surface area contributed by atoms with Gasteiger partial charge in [-0.15, -0.1) is 0 Å². The van der Waals surface area contributed by atoms with Crippen molar-refractivity contribution in [2.75, 3.05) is 38.4 Å². The molecule has 0 saturated carbocycles. The van der Waals surface area contributed by atoms with Crippen molar-refractivity contribution in [2.45, 2.75) is 25.9 Å². The van der Waals surface area contributed by atoms with Gasteiger partial charge in [-0.2, -0.15) is 0 Å². The highest BCUT2D eigenvalue weighted by Crippen LogP contribution is 2.27. The van der Waals surface area contributed by atoms with Crippen LogP contribution in [0.15, 0.2) is 42.5 Å². The quantitative estimate of drug-likeness (QED) is 0.566. The first kappa shape index (κ1) is 24.3. The van der Waals surface area contributed by atoms with Crippen molar-refractivity contribution in [2.24, 2.45) is 0 Å². The summed E-state index contributed by atoms with van der Waals surface area (Å²) in [5, 5.41) is 2.89. The van der Waals surface area contributed by atoms with Crippen molar-refractivity contribution in [3.63, 3.8) is 0 Å². The number of amides is 1. The zero-order valence-electron chi connectivity index (χ0n) is 18.5. The van der Waals surface area contributed by atoms with E-state index >= 15 is 0 Å². The predicted octanol–water partition coefficient (Wildman–Crippen LogP) is 2.62. The topological polar surface area (TPSA) is 94.2 Å². The number of anilines is 1. The molecule has 1 atom stereocenters. The van der Waals surface area contributed by atoms with E-state index < -0.39 is 16.1 Å². The Morgan fingerprint density at radius 3 is 2.26 bits per heavy atom. The van der Waals surface area contributed by atoms with Gasteiger partial charge in [0, 0.05) is 13.6 Å². The fourth-order valence-corrected chi connectivity index (χ4v) is 3.40. The fraction of sp³-hybridized carbons (Fsp3) is 0.409. The average Bonchev–Trinajstić information content (AvgIpc) is 2.76. The maximum absolute atomic E-state index is 12.5. The van der Waals surface area contributed by atoms with Gasteiger partial charge < -0.3 is 19.5 Å². The van der Waals surface area contributed by atoms with Crippen LogP contribution in [0.5, 0.6) is 17.2 Å². The number of sulfonamides is 1. The minimum Gasteiger partial charge on any atom is -0.493 e. The second kappa shape index (κ2) is 10.9. The molecule has 0 saturated heterocycles. The normalized spacial score (nSPS) is 12.0. The van der Waals surface area contributed by atoms with E-state index in [1.807, 2.05) is 25.1 Å². The third-order valence-electron chi connectivity index (χ3n) is 4.80. The Hall–Kier alpha value is -2.94. The van der Waals surface area contributed by atoms with E-state index in [2.05, 4.69) is 5.32 Å². The molecule has 0 heterocycles. The first-order valence-corrected chi connectivity index (χ1v) is 11.7. The molecule has 0 bridgehead atoms. The van der Waals surface area contributed by atoms with Crippen LogP contribution in [0, 0.1) is 0 Å². The lowest BCUT2D eigenvalue weighted by molar-refractivity contribution is -0.128. The van der Waals surface area contributed by atoms with Crippen LogP contribution >= 0.6 is 0 Å². The molecule has 0 aliphatic heterocycles. The molecule has 0 aliphatic rings. The van der Waals surface area contributed by atoms with Crippen LogP contribution in [0.25, 0.3) is 0 Å². The molecule has 0 aliphatic carbocycles. The molecule has 8 nitrogen and oxygen atoms in total. The lowest BCUT2D eigenvalue weighted by atomic mass is 10.1. The number of carbonyl (C=O) groups is 1. The molecule has 1 N–H and O–H groups in total. The van der Waals surface area contributed by atoms with Crippen molar-refractivity contribution >= 4 is 21.6 Å². The molecule has 170 valence electrons. The molecule has 31 heavy (non-hydrogen) atoms. The summed E-state index contributed by atoms with van der Waals surface area (Å²) in [5.41, 5.74) is 1.53. The lowest BCUT2D eigenvalue weighted by Crippen LogP contribution is -2.38. The Morgan fingerprint density at radius 1 is 1.06 bits per heavy atom. The number of nitrogens with zero attached hydrogens (tertiary/aromatic N) is 1. The van der Waals surface area contributed by atoms with Crippen LogP contribution in [0.4, 0.5) is 5.69 Å². The highest BCUT2D eigenvalue weighted by atomic mass is 32.2. The number of nitrogens with one attached hydrogen (secondary N) is 1. The number of ether oxygens (including phenoxy) is 3. The SMILES string of the molecule is CCC(Oc1ccc(N(C)S(C)(=O)=O)cc1)C(=O)NCCc1ccc(OC)c(OC)c1. The molecule has 1 unspecified atom stereocenters. The van der Waals surface area contributed by atoms with Gasteiger partial charge >= 0.3 is 0 Å². The molecule has 0 fully saturated rings. The Bertz CT molecular complexity index is 976. The lowest BCUT2D eigenvalue weighted by Gasteiger charge is -2.19. The van der Waals surface area contributed by atoms with Gasteiger partial charge in [0.15, 0.2) is 17.6 Å². The molecule has 1 amide bonds. The van der Waals surface area contributed by atoms with Gasteiger partial charge in [0.25, 0.3) is 5.91 Å². The summed E-state index contributed by atoms with van der Waals surface area (Å²) in [5.74, 6) is 1.59. The highest BCUT2D eigenvalue weighted by molar-refractivity contribution is 7.92. The summed E-state index contributed by atoms with van der Waals surface area (Å²) in [7, 11) is 1.31. The second-order valence-electron chi connectivity index (χ2n) is 6.97. The summed E-state index contributed by atoms with van der Waals surface area (Å²) < 4.78 is 40.8. The standard InChI is InChI=1S/C22H30N2O6S/c1-6-19(30-18-10-8-17(9-11-18)24(2)31(5,26)27)22(25)23-14-13-16-7-12-20(28-3)21(15-16)29-4/h7-12,15,19H,6,13-14H2,1-5H3,(H,23,25).